The van der Waals surface area contributed by atoms with Gasteiger partial charge in [0, 0.05) is 6.54 Å². The molecule has 0 fully saturated rings. The average Bonchev–Trinajstić information content (AvgIpc) is 3.08. The molecule has 1 amide bonds. The van der Waals surface area contributed by atoms with Crippen molar-refractivity contribution in [3.8, 4) is 5.75 Å². The number of carbonyl (C=O) groups excluding carboxylic acids is 2. The van der Waals surface area contributed by atoms with E-state index in [9.17, 15) is 9.59 Å². The molecule has 1 aromatic heterocycles. The minimum atomic E-state index is -0.578. The molecule has 0 saturated carbocycles. The quantitative estimate of drug-likeness (QED) is 0.690. The van der Waals surface area contributed by atoms with E-state index in [4.69, 9.17) is 9.15 Å². The predicted molar refractivity (Wildman–Crippen MR) is 85.5 cm³/mol. The van der Waals surface area contributed by atoms with Gasteiger partial charge >= 0.3 is 5.97 Å². The molecule has 1 aromatic carbocycles. The molecule has 0 aliphatic heterocycles. The Hall–Kier alpha value is -2.83. The van der Waals surface area contributed by atoms with E-state index in [1.54, 1.807) is 17.0 Å². The van der Waals surface area contributed by atoms with Crippen molar-refractivity contribution in [2.24, 2.45) is 0 Å². The molecule has 0 aliphatic rings. The Balaban J connectivity index is 1.96. The molecule has 0 spiro atoms. The molecule has 0 aliphatic carbocycles. The van der Waals surface area contributed by atoms with E-state index in [1.165, 1.54) is 13.4 Å². The van der Waals surface area contributed by atoms with E-state index in [0.717, 1.165) is 6.42 Å². The summed E-state index contributed by atoms with van der Waals surface area (Å²) < 4.78 is 15.3. The van der Waals surface area contributed by atoms with Crippen LogP contribution in [-0.2, 0) is 16.1 Å². The number of oxazole rings is 1. The number of benzene rings is 1. The van der Waals surface area contributed by atoms with Crippen LogP contribution in [0.5, 0.6) is 5.75 Å². The fourth-order valence-corrected chi connectivity index (χ4v) is 2.06. The summed E-state index contributed by atoms with van der Waals surface area (Å²) in [5.74, 6) is 0.146. The molecule has 0 bridgehead atoms. The van der Waals surface area contributed by atoms with Crippen LogP contribution >= 0.6 is 0 Å². The molecule has 1 heterocycles. The van der Waals surface area contributed by atoms with Crippen LogP contribution in [0.3, 0.4) is 0 Å². The summed E-state index contributed by atoms with van der Waals surface area (Å²) >= 11 is 0. The molecule has 7 heteroatoms. The van der Waals surface area contributed by atoms with E-state index < -0.39 is 5.97 Å². The second-order valence-electron chi connectivity index (χ2n) is 5.04. The van der Waals surface area contributed by atoms with Crippen LogP contribution in [-0.4, -0.2) is 42.0 Å². The predicted octanol–water partition coefficient (Wildman–Crippen LogP) is 2.28. The number of methoxy groups -OCH3 is 1. The zero-order valence-corrected chi connectivity index (χ0v) is 13.7. The van der Waals surface area contributed by atoms with Crippen molar-refractivity contribution in [2.45, 2.75) is 19.9 Å². The number of aromatic nitrogens is 1. The van der Waals surface area contributed by atoms with Gasteiger partial charge in [0.2, 0.25) is 5.89 Å². The van der Waals surface area contributed by atoms with E-state index in [-0.39, 0.29) is 30.6 Å². The Kier molecular flexibility index (Phi) is 6.36. The third kappa shape index (κ3) is 4.84. The highest BCUT2D eigenvalue weighted by atomic mass is 16.5. The van der Waals surface area contributed by atoms with Gasteiger partial charge in [-0.05, 0) is 18.6 Å². The number of ether oxygens (including phenoxy) is 2. The Bertz CT molecular complexity index is 669. The van der Waals surface area contributed by atoms with Gasteiger partial charge < -0.3 is 18.8 Å². The lowest BCUT2D eigenvalue weighted by molar-refractivity contribution is -0.134. The third-order valence-corrected chi connectivity index (χ3v) is 3.22. The first-order chi connectivity index (χ1) is 11.6. The van der Waals surface area contributed by atoms with Crippen molar-refractivity contribution in [1.82, 2.24) is 9.88 Å². The third-order valence-electron chi connectivity index (χ3n) is 3.22. The topological polar surface area (TPSA) is 81.9 Å². The van der Waals surface area contributed by atoms with Crippen molar-refractivity contribution >= 4 is 11.9 Å². The highest BCUT2D eigenvalue weighted by molar-refractivity contribution is 5.86. The van der Waals surface area contributed by atoms with Crippen LogP contribution in [0.25, 0.3) is 0 Å². The fraction of sp³-hybridized carbons (Fsp3) is 0.353. The maximum Gasteiger partial charge on any atom is 0.360 e. The summed E-state index contributed by atoms with van der Waals surface area (Å²) in [6.45, 7) is 2.59. The van der Waals surface area contributed by atoms with Gasteiger partial charge in [0.15, 0.2) is 12.3 Å². The molecule has 0 atom stereocenters. The van der Waals surface area contributed by atoms with Crippen molar-refractivity contribution < 1.29 is 23.5 Å². The number of esters is 1. The molecular weight excluding hydrogens is 312 g/mol. The summed E-state index contributed by atoms with van der Waals surface area (Å²) in [5.41, 5.74) is 0.0805. The molecule has 2 rings (SSSR count). The second kappa shape index (κ2) is 8.71. The Morgan fingerprint density at radius 3 is 2.67 bits per heavy atom. The maximum atomic E-state index is 12.3. The smallest absolute Gasteiger partial charge is 0.360 e. The monoisotopic (exact) mass is 332 g/mol. The van der Waals surface area contributed by atoms with Crippen LogP contribution in [0.4, 0.5) is 0 Å². The molecule has 0 saturated heterocycles. The summed E-state index contributed by atoms with van der Waals surface area (Å²) in [6.07, 6.45) is 2.00. The summed E-state index contributed by atoms with van der Waals surface area (Å²) in [4.78, 5) is 29.3. The molecule has 128 valence electrons. The lowest BCUT2D eigenvalue weighted by Crippen LogP contribution is -2.35. The number of nitrogens with zero attached hydrogens (tertiary/aromatic N) is 2. The summed E-state index contributed by atoms with van der Waals surface area (Å²) in [7, 11) is 1.27. The largest absolute Gasteiger partial charge is 0.484 e. The first-order valence-corrected chi connectivity index (χ1v) is 7.62. The molecular formula is C17H20N2O5. The van der Waals surface area contributed by atoms with Gasteiger partial charge in [-0.15, -0.1) is 0 Å². The number of para-hydroxylation sites is 1. The SMILES string of the molecule is CCCN(Cc1nc(C(=O)OC)co1)C(=O)COc1ccccc1. The Labute approximate surface area is 140 Å². The van der Waals surface area contributed by atoms with Crippen LogP contribution in [0.15, 0.2) is 41.0 Å². The summed E-state index contributed by atoms with van der Waals surface area (Å²) in [5, 5.41) is 0. The van der Waals surface area contributed by atoms with Gasteiger partial charge in [0.25, 0.3) is 5.91 Å². The average molecular weight is 332 g/mol. The van der Waals surface area contributed by atoms with Crippen LogP contribution in [0.2, 0.25) is 0 Å². The van der Waals surface area contributed by atoms with E-state index in [1.807, 2.05) is 25.1 Å². The number of carbonyl (C=O) groups is 2. The molecule has 0 N–H and O–H groups in total. The zero-order valence-electron chi connectivity index (χ0n) is 13.7. The Morgan fingerprint density at radius 2 is 2.00 bits per heavy atom. The first-order valence-electron chi connectivity index (χ1n) is 7.62. The van der Waals surface area contributed by atoms with Gasteiger partial charge in [0.1, 0.15) is 12.0 Å². The van der Waals surface area contributed by atoms with Crippen molar-refractivity contribution in [1.29, 1.82) is 0 Å². The maximum absolute atomic E-state index is 12.3. The van der Waals surface area contributed by atoms with Crippen molar-refractivity contribution in [3.05, 3.63) is 48.2 Å². The van der Waals surface area contributed by atoms with E-state index >= 15 is 0 Å². The normalized spacial score (nSPS) is 10.2. The van der Waals surface area contributed by atoms with Gasteiger partial charge in [0.05, 0.1) is 13.7 Å². The minimum absolute atomic E-state index is 0.0748. The van der Waals surface area contributed by atoms with Gasteiger partial charge in [-0.25, -0.2) is 9.78 Å². The van der Waals surface area contributed by atoms with Gasteiger partial charge in [-0.1, -0.05) is 25.1 Å². The molecule has 2 aromatic rings. The van der Waals surface area contributed by atoms with Crippen molar-refractivity contribution in [2.75, 3.05) is 20.3 Å². The van der Waals surface area contributed by atoms with Crippen LogP contribution in [0, 0.1) is 0 Å². The van der Waals surface area contributed by atoms with Crippen molar-refractivity contribution in [3.63, 3.8) is 0 Å². The number of hydrogen-bond acceptors (Lipinski definition) is 6. The molecule has 7 nitrogen and oxygen atoms in total. The van der Waals surface area contributed by atoms with E-state index in [2.05, 4.69) is 9.72 Å². The zero-order chi connectivity index (χ0) is 17.4. The standard InChI is InChI=1S/C17H20N2O5/c1-3-9-19(10-15-18-14(11-24-15)17(21)22-2)16(20)12-23-13-7-5-4-6-8-13/h4-8,11H,3,9-10,12H2,1-2H3. The lowest BCUT2D eigenvalue weighted by atomic mass is 10.3. The van der Waals surface area contributed by atoms with Gasteiger partial charge in [-0.2, -0.15) is 0 Å². The van der Waals surface area contributed by atoms with Crippen LogP contribution in [0.1, 0.15) is 29.7 Å². The second-order valence-corrected chi connectivity index (χ2v) is 5.04. The molecule has 0 radical (unpaired) electrons. The molecule has 0 unspecified atom stereocenters. The fourth-order valence-electron chi connectivity index (χ4n) is 2.06. The van der Waals surface area contributed by atoms with Gasteiger partial charge in [-0.3, -0.25) is 4.79 Å². The van der Waals surface area contributed by atoms with E-state index in [0.29, 0.717) is 12.3 Å². The summed E-state index contributed by atoms with van der Waals surface area (Å²) in [6, 6.07) is 9.12. The number of rotatable bonds is 8. The first kappa shape index (κ1) is 17.5. The Morgan fingerprint density at radius 1 is 1.25 bits per heavy atom. The highest BCUT2D eigenvalue weighted by Gasteiger charge is 2.18. The number of hydrogen-bond donors (Lipinski definition) is 0. The minimum Gasteiger partial charge on any atom is -0.484 e. The van der Waals surface area contributed by atoms with Crippen LogP contribution < -0.4 is 4.74 Å². The lowest BCUT2D eigenvalue weighted by Gasteiger charge is -2.20. The number of amides is 1. The molecule has 24 heavy (non-hydrogen) atoms. The highest BCUT2D eigenvalue weighted by Crippen LogP contribution is 2.11.